The van der Waals surface area contributed by atoms with Crippen molar-refractivity contribution in [2.45, 2.75) is 9.79 Å². The van der Waals surface area contributed by atoms with Gasteiger partial charge >= 0.3 is 0 Å². The summed E-state index contributed by atoms with van der Waals surface area (Å²) in [4.78, 5) is 16.8. The molecule has 0 saturated carbocycles. The van der Waals surface area contributed by atoms with Crippen molar-refractivity contribution < 1.29 is 14.4 Å². The molecule has 0 radical (unpaired) electrons. The Kier molecular flexibility index (Phi) is 5.47. The summed E-state index contributed by atoms with van der Waals surface area (Å²) in [6.45, 7) is 1.04. The maximum absolute atomic E-state index is 11.2. The molecule has 0 spiro atoms. The third kappa shape index (κ3) is 4.07. The Labute approximate surface area is 148 Å². The molecule has 25 heavy (non-hydrogen) atoms. The van der Waals surface area contributed by atoms with Crippen LogP contribution in [0.25, 0.3) is 10.8 Å². The Hall–Kier alpha value is -2.64. The van der Waals surface area contributed by atoms with Gasteiger partial charge in [0, 0.05) is 40.7 Å². The number of rotatable bonds is 7. The maximum Gasteiger partial charge on any atom is 0.278 e. The lowest BCUT2D eigenvalue weighted by Crippen LogP contribution is -2.03. The Balaban J connectivity index is 1.83. The minimum atomic E-state index is -0.384. The second-order valence-corrected chi connectivity index (χ2v) is 6.29. The summed E-state index contributed by atoms with van der Waals surface area (Å²) in [7, 11) is 1.63. The largest absolute Gasteiger partial charge is 0.491 e. The Morgan fingerprint density at radius 1 is 1.08 bits per heavy atom. The molecule has 0 aliphatic carbocycles. The van der Waals surface area contributed by atoms with Crippen molar-refractivity contribution in [3.63, 3.8) is 0 Å². The van der Waals surface area contributed by atoms with Gasteiger partial charge in [-0.2, -0.15) is 0 Å². The summed E-state index contributed by atoms with van der Waals surface area (Å²) in [5.41, 5.74) is 0.0642. The molecule has 0 atom stereocenters. The van der Waals surface area contributed by atoms with E-state index in [2.05, 4.69) is 4.98 Å². The summed E-state index contributed by atoms with van der Waals surface area (Å²) >= 11 is 1.54. The zero-order valence-electron chi connectivity index (χ0n) is 13.5. The van der Waals surface area contributed by atoms with E-state index < -0.39 is 0 Å². The third-order valence-corrected chi connectivity index (χ3v) is 4.64. The summed E-state index contributed by atoms with van der Waals surface area (Å²) in [5.74, 6) is 0.777. The topological polar surface area (TPSA) is 74.5 Å². The monoisotopic (exact) mass is 356 g/mol. The fourth-order valence-electron chi connectivity index (χ4n) is 2.37. The highest BCUT2D eigenvalue weighted by Gasteiger charge is 2.14. The summed E-state index contributed by atoms with van der Waals surface area (Å²) in [6, 6.07) is 12.8. The normalized spacial score (nSPS) is 10.8. The van der Waals surface area contributed by atoms with Gasteiger partial charge in [-0.25, -0.2) is 0 Å². The first-order valence-electron chi connectivity index (χ1n) is 7.60. The van der Waals surface area contributed by atoms with E-state index in [1.165, 1.54) is 12.3 Å². The van der Waals surface area contributed by atoms with Crippen LogP contribution in [0.2, 0.25) is 0 Å². The average molecular weight is 356 g/mol. The summed E-state index contributed by atoms with van der Waals surface area (Å²) < 4.78 is 10.5. The van der Waals surface area contributed by atoms with E-state index in [-0.39, 0.29) is 10.6 Å². The first kappa shape index (κ1) is 17.2. The van der Waals surface area contributed by atoms with Gasteiger partial charge in [0.15, 0.2) is 0 Å². The van der Waals surface area contributed by atoms with Crippen molar-refractivity contribution in [2.24, 2.45) is 0 Å². The second-order valence-electron chi connectivity index (χ2n) is 5.18. The van der Waals surface area contributed by atoms with Gasteiger partial charge in [-0.3, -0.25) is 15.1 Å². The van der Waals surface area contributed by atoms with Crippen LogP contribution in [0.1, 0.15) is 0 Å². The maximum atomic E-state index is 11.2. The van der Waals surface area contributed by atoms with Gasteiger partial charge in [-0.05, 0) is 36.4 Å². The van der Waals surface area contributed by atoms with Crippen LogP contribution in [-0.4, -0.2) is 30.2 Å². The highest BCUT2D eigenvalue weighted by Crippen LogP contribution is 2.37. The molecule has 0 unspecified atom stereocenters. The third-order valence-electron chi connectivity index (χ3n) is 3.56. The molecule has 0 aliphatic rings. The molecule has 2 aromatic carbocycles. The molecule has 1 heterocycles. The van der Waals surface area contributed by atoms with Crippen LogP contribution in [0.3, 0.4) is 0 Å². The molecular weight excluding hydrogens is 340 g/mol. The van der Waals surface area contributed by atoms with Gasteiger partial charge in [0.05, 0.1) is 16.9 Å². The number of nitro benzene ring substituents is 1. The lowest BCUT2D eigenvalue weighted by atomic mass is 10.1. The fraction of sp³-hybridized carbons (Fsp3) is 0.167. The molecular formula is C18H16N2O4S. The number of methoxy groups -OCH3 is 1. The van der Waals surface area contributed by atoms with E-state index in [0.29, 0.717) is 18.6 Å². The predicted octanol–water partition coefficient (Wildman–Crippen LogP) is 4.32. The molecule has 0 aliphatic heterocycles. The predicted molar refractivity (Wildman–Crippen MR) is 96.3 cm³/mol. The van der Waals surface area contributed by atoms with Crippen molar-refractivity contribution >= 4 is 28.2 Å². The van der Waals surface area contributed by atoms with Crippen molar-refractivity contribution in [2.75, 3.05) is 20.3 Å². The van der Waals surface area contributed by atoms with Gasteiger partial charge in [0.25, 0.3) is 5.69 Å². The van der Waals surface area contributed by atoms with Crippen LogP contribution in [0.5, 0.6) is 5.75 Å². The molecule has 0 bridgehead atoms. The molecule has 7 heteroatoms. The second kappa shape index (κ2) is 7.96. The Morgan fingerprint density at radius 2 is 1.88 bits per heavy atom. The van der Waals surface area contributed by atoms with Gasteiger partial charge in [0.2, 0.25) is 0 Å². The molecule has 3 aromatic rings. The van der Waals surface area contributed by atoms with Crippen LogP contribution in [0.4, 0.5) is 5.69 Å². The zero-order valence-corrected chi connectivity index (χ0v) is 14.4. The molecule has 0 N–H and O–H groups in total. The lowest BCUT2D eigenvalue weighted by Gasteiger charge is -2.08. The Morgan fingerprint density at radius 3 is 2.60 bits per heavy atom. The minimum Gasteiger partial charge on any atom is -0.491 e. The van der Waals surface area contributed by atoms with Gasteiger partial charge in [-0.1, -0.05) is 11.8 Å². The van der Waals surface area contributed by atoms with Crippen molar-refractivity contribution in [1.82, 2.24) is 4.98 Å². The molecule has 1 aromatic heterocycles. The number of hydrogen-bond donors (Lipinski definition) is 0. The fourth-order valence-corrected chi connectivity index (χ4v) is 3.32. The number of nitro groups is 1. The highest BCUT2D eigenvalue weighted by atomic mass is 32.2. The van der Waals surface area contributed by atoms with E-state index in [1.807, 2.05) is 24.3 Å². The van der Waals surface area contributed by atoms with Crippen LogP contribution in [0.15, 0.2) is 64.6 Å². The van der Waals surface area contributed by atoms with E-state index in [0.717, 1.165) is 20.9 Å². The lowest BCUT2D eigenvalue weighted by molar-refractivity contribution is -0.383. The molecule has 0 saturated heterocycles. The van der Waals surface area contributed by atoms with Crippen molar-refractivity contribution in [3.8, 4) is 5.75 Å². The van der Waals surface area contributed by atoms with E-state index in [9.17, 15) is 10.1 Å². The van der Waals surface area contributed by atoms with Crippen LogP contribution >= 0.6 is 11.8 Å². The number of ether oxygens (including phenoxy) is 2. The van der Waals surface area contributed by atoms with E-state index in [1.54, 1.807) is 37.2 Å². The number of benzene rings is 2. The van der Waals surface area contributed by atoms with Gasteiger partial charge in [0.1, 0.15) is 12.4 Å². The number of nitrogens with zero attached hydrogens (tertiary/aromatic N) is 2. The minimum absolute atomic E-state index is 0.0642. The molecule has 128 valence electrons. The number of hydrogen-bond acceptors (Lipinski definition) is 6. The molecule has 0 amide bonds. The van der Waals surface area contributed by atoms with Crippen LogP contribution in [0, 0.1) is 10.1 Å². The summed E-state index contributed by atoms with van der Waals surface area (Å²) in [6.07, 6.45) is 3.17. The number of fused-ring (bicyclic) bond motifs is 1. The van der Waals surface area contributed by atoms with Crippen molar-refractivity contribution in [3.05, 3.63) is 65.0 Å². The number of non-ortho nitro benzene ring substituents is 1. The van der Waals surface area contributed by atoms with Crippen LogP contribution < -0.4 is 4.74 Å². The standard InChI is InChI=1S/C18H16N2O4S/c1-23-10-11-24-13-2-4-14(5-3-13)25-18-7-6-17(20(21)22)16-12-19-9-8-15(16)18/h2-9,12H,10-11H2,1H3. The van der Waals surface area contributed by atoms with Gasteiger partial charge in [-0.15, -0.1) is 0 Å². The van der Waals surface area contributed by atoms with E-state index >= 15 is 0 Å². The SMILES string of the molecule is COCCOc1ccc(Sc2ccc([N+](=O)[O-])c3cnccc23)cc1. The quantitative estimate of drug-likeness (QED) is 0.356. The average Bonchev–Trinajstić information content (AvgIpc) is 2.63. The smallest absolute Gasteiger partial charge is 0.278 e. The summed E-state index contributed by atoms with van der Waals surface area (Å²) in [5, 5.41) is 12.5. The zero-order chi connectivity index (χ0) is 17.6. The van der Waals surface area contributed by atoms with Gasteiger partial charge < -0.3 is 9.47 Å². The Bertz CT molecular complexity index is 884. The molecule has 6 nitrogen and oxygen atoms in total. The molecule has 0 fully saturated rings. The molecule has 3 rings (SSSR count). The first-order valence-corrected chi connectivity index (χ1v) is 8.41. The van der Waals surface area contributed by atoms with Crippen molar-refractivity contribution in [1.29, 1.82) is 0 Å². The highest BCUT2D eigenvalue weighted by molar-refractivity contribution is 7.99. The first-order chi connectivity index (χ1) is 12.2. The number of aromatic nitrogens is 1. The number of pyridine rings is 1. The van der Waals surface area contributed by atoms with Crippen LogP contribution in [-0.2, 0) is 4.74 Å². The van der Waals surface area contributed by atoms with E-state index in [4.69, 9.17) is 9.47 Å².